The summed E-state index contributed by atoms with van der Waals surface area (Å²) < 4.78 is 6.37. The first-order valence-electron chi connectivity index (χ1n) is 5.49. The minimum Gasteiger partial charge on any atom is -0.497 e. The SMILES string of the molecule is COc1cccc(SC(CN)c2ccc(Br)s2)c1. The molecule has 1 heterocycles. The van der Waals surface area contributed by atoms with Crippen LogP contribution in [0.15, 0.2) is 45.1 Å². The Morgan fingerprint density at radius 2 is 2.22 bits per heavy atom. The molecule has 1 aromatic heterocycles. The van der Waals surface area contributed by atoms with E-state index in [2.05, 4.69) is 34.1 Å². The molecule has 18 heavy (non-hydrogen) atoms. The molecule has 1 aromatic carbocycles. The summed E-state index contributed by atoms with van der Waals surface area (Å²) in [7, 11) is 1.68. The molecule has 2 rings (SSSR count). The highest BCUT2D eigenvalue weighted by Gasteiger charge is 2.13. The van der Waals surface area contributed by atoms with E-state index in [9.17, 15) is 0 Å². The predicted octanol–water partition coefficient (Wildman–Crippen LogP) is 4.31. The van der Waals surface area contributed by atoms with E-state index in [0.29, 0.717) is 6.54 Å². The largest absolute Gasteiger partial charge is 0.497 e. The van der Waals surface area contributed by atoms with Crippen molar-refractivity contribution in [1.29, 1.82) is 0 Å². The van der Waals surface area contributed by atoms with Gasteiger partial charge in [-0.1, -0.05) is 6.07 Å². The van der Waals surface area contributed by atoms with E-state index >= 15 is 0 Å². The van der Waals surface area contributed by atoms with Gasteiger partial charge in [0.15, 0.2) is 0 Å². The van der Waals surface area contributed by atoms with Crippen LogP contribution in [0.1, 0.15) is 10.1 Å². The molecule has 96 valence electrons. The van der Waals surface area contributed by atoms with Gasteiger partial charge >= 0.3 is 0 Å². The minimum absolute atomic E-state index is 0.286. The van der Waals surface area contributed by atoms with Crippen LogP contribution in [0.2, 0.25) is 0 Å². The van der Waals surface area contributed by atoms with Gasteiger partial charge in [-0.2, -0.15) is 0 Å². The number of nitrogens with two attached hydrogens (primary N) is 1. The van der Waals surface area contributed by atoms with Crippen molar-refractivity contribution in [1.82, 2.24) is 0 Å². The average molecular weight is 344 g/mol. The Bertz CT molecular complexity index is 515. The summed E-state index contributed by atoms with van der Waals surface area (Å²) >= 11 is 6.99. The normalized spacial score (nSPS) is 12.4. The summed E-state index contributed by atoms with van der Waals surface area (Å²) in [5, 5.41) is 0.286. The molecule has 0 bridgehead atoms. The number of hydrogen-bond acceptors (Lipinski definition) is 4. The van der Waals surface area contributed by atoms with Gasteiger partial charge in [-0.05, 0) is 46.3 Å². The van der Waals surface area contributed by atoms with Crippen molar-refractivity contribution in [2.45, 2.75) is 10.1 Å². The molecular weight excluding hydrogens is 330 g/mol. The van der Waals surface area contributed by atoms with E-state index in [-0.39, 0.29) is 5.25 Å². The lowest BCUT2D eigenvalue weighted by Crippen LogP contribution is -2.07. The lowest BCUT2D eigenvalue weighted by Gasteiger charge is -2.13. The standard InChI is InChI=1S/C13H14BrNOS2/c1-16-9-3-2-4-10(7-9)17-12(8-15)11-5-6-13(14)18-11/h2-7,12H,8,15H2,1H3. The summed E-state index contributed by atoms with van der Waals surface area (Å²) in [4.78, 5) is 2.46. The number of thioether (sulfide) groups is 1. The summed E-state index contributed by atoms with van der Waals surface area (Å²) in [6, 6.07) is 12.3. The monoisotopic (exact) mass is 343 g/mol. The number of hydrogen-bond donors (Lipinski definition) is 1. The van der Waals surface area contributed by atoms with Crippen molar-refractivity contribution in [2.75, 3.05) is 13.7 Å². The Balaban J connectivity index is 2.14. The second-order valence-corrected chi connectivity index (χ2v) is 7.43. The van der Waals surface area contributed by atoms with Gasteiger partial charge in [0.2, 0.25) is 0 Å². The van der Waals surface area contributed by atoms with Crippen molar-refractivity contribution in [3.8, 4) is 5.75 Å². The van der Waals surface area contributed by atoms with Gasteiger partial charge in [-0.3, -0.25) is 0 Å². The molecular formula is C13H14BrNOS2. The van der Waals surface area contributed by atoms with E-state index in [1.54, 1.807) is 30.2 Å². The highest BCUT2D eigenvalue weighted by molar-refractivity contribution is 9.11. The maximum Gasteiger partial charge on any atom is 0.119 e. The van der Waals surface area contributed by atoms with Crippen LogP contribution in [0, 0.1) is 0 Å². The van der Waals surface area contributed by atoms with Gasteiger partial charge in [0, 0.05) is 16.3 Å². The third-order valence-electron chi connectivity index (χ3n) is 2.44. The fourth-order valence-corrected chi connectivity index (χ4v) is 4.23. The second-order valence-electron chi connectivity index (χ2n) is 3.66. The lowest BCUT2D eigenvalue weighted by atomic mass is 10.3. The molecule has 2 nitrogen and oxygen atoms in total. The van der Waals surface area contributed by atoms with Crippen LogP contribution in [-0.4, -0.2) is 13.7 Å². The van der Waals surface area contributed by atoms with Crippen molar-refractivity contribution >= 4 is 39.0 Å². The fourth-order valence-electron chi connectivity index (χ4n) is 1.56. The van der Waals surface area contributed by atoms with Crippen LogP contribution in [-0.2, 0) is 0 Å². The molecule has 2 aromatic rings. The smallest absolute Gasteiger partial charge is 0.119 e. The van der Waals surface area contributed by atoms with Crippen molar-refractivity contribution in [2.24, 2.45) is 5.73 Å². The quantitative estimate of drug-likeness (QED) is 0.821. The average Bonchev–Trinajstić information content (AvgIpc) is 2.82. The zero-order valence-electron chi connectivity index (χ0n) is 9.93. The van der Waals surface area contributed by atoms with E-state index < -0.39 is 0 Å². The number of methoxy groups -OCH3 is 1. The first-order chi connectivity index (χ1) is 8.72. The second kappa shape index (κ2) is 6.61. The number of thiophene rings is 1. The molecule has 0 saturated heterocycles. The summed E-state index contributed by atoms with van der Waals surface area (Å²) in [5.41, 5.74) is 5.87. The third kappa shape index (κ3) is 3.51. The molecule has 2 N–H and O–H groups in total. The highest BCUT2D eigenvalue weighted by Crippen LogP contribution is 2.39. The Labute approximate surface area is 124 Å². The number of benzene rings is 1. The molecule has 0 amide bonds. The molecule has 0 aliphatic rings. The maximum absolute atomic E-state index is 5.87. The van der Waals surface area contributed by atoms with E-state index in [1.165, 1.54) is 9.77 Å². The van der Waals surface area contributed by atoms with Gasteiger partial charge in [0.1, 0.15) is 5.75 Å². The number of halogens is 1. The minimum atomic E-state index is 0.286. The lowest BCUT2D eigenvalue weighted by molar-refractivity contribution is 0.413. The molecule has 0 saturated carbocycles. The number of ether oxygens (including phenoxy) is 1. The van der Waals surface area contributed by atoms with Crippen LogP contribution >= 0.6 is 39.0 Å². The highest BCUT2D eigenvalue weighted by atomic mass is 79.9. The van der Waals surface area contributed by atoms with Crippen LogP contribution in [0.4, 0.5) is 0 Å². The van der Waals surface area contributed by atoms with Gasteiger partial charge in [-0.15, -0.1) is 23.1 Å². The first-order valence-corrected chi connectivity index (χ1v) is 7.98. The van der Waals surface area contributed by atoms with Crippen LogP contribution < -0.4 is 10.5 Å². The zero-order chi connectivity index (χ0) is 13.0. The molecule has 1 unspecified atom stereocenters. The van der Waals surface area contributed by atoms with Crippen LogP contribution in [0.5, 0.6) is 5.75 Å². The zero-order valence-corrected chi connectivity index (χ0v) is 13.1. The van der Waals surface area contributed by atoms with E-state index in [0.717, 1.165) is 9.54 Å². The molecule has 0 radical (unpaired) electrons. The fraction of sp³-hybridized carbons (Fsp3) is 0.231. The van der Waals surface area contributed by atoms with E-state index in [1.807, 2.05) is 18.2 Å². The molecule has 5 heteroatoms. The molecule has 0 spiro atoms. The third-order valence-corrected chi connectivity index (χ3v) is 5.59. The number of rotatable bonds is 5. The maximum atomic E-state index is 5.87. The van der Waals surface area contributed by atoms with Crippen molar-refractivity contribution in [3.05, 3.63) is 45.1 Å². The Hall–Kier alpha value is -0.490. The summed E-state index contributed by atoms with van der Waals surface area (Å²) in [5.74, 6) is 0.878. The Kier molecular flexibility index (Phi) is 5.12. The van der Waals surface area contributed by atoms with Crippen LogP contribution in [0.25, 0.3) is 0 Å². The first kappa shape index (κ1) is 13.9. The topological polar surface area (TPSA) is 35.2 Å². The van der Waals surface area contributed by atoms with Crippen molar-refractivity contribution < 1.29 is 4.74 Å². The Morgan fingerprint density at radius 3 is 2.83 bits per heavy atom. The van der Waals surface area contributed by atoms with Gasteiger partial charge in [-0.25, -0.2) is 0 Å². The molecule has 1 atom stereocenters. The van der Waals surface area contributed by atoms with Crippen LogP contribution in [0.3, 0.4) is 0 Å². The van der Waals surface area contributed by atoms with Gasteiger partial charge in [0.05, 0.1) is 16.1 Å². The van der Waals surface area contributed by atoms with Gasteiger partial charge < -0.3 is 10.5 Å². The predicted molar refractivity (Wildman–Crippen MR) is 82.7 cm³/mol. The van der Waals surface area contributed by atoms with Crippen molar-refractivity contribution in [3.63, 3.8) is 0 Å². The summed E-state index contributed by atoms with van der Waals surface area (Å²) in [6.07, 6.45) is 0. The molecule has 0 fully saturated rings. The Morgan fingerprint density at radius 1 is 1.39 bits per heavy atom. The van der Waals surface area contributed by atoms with Gasteiger partial charge in [0.25, 0.3) is 0 Å². The summed E-state index contributed by atoms with van der Waals surface area (Å²) in [6.45, 7) is 0.620. The molecule has 0 aliphatic carbocycles. The van der Waals surface area contributed by atoms with E-state index in [4.69, 9.17) is 10.5 Å². The molecule has 0 aliphatic heterocycles.